The summed E-state index contributed by atoms with van der Waals surface area (Å²) in [5.74, 6) is 0.0940. The van der Waals surface area contributed by atoms with E-state index in [9.17, 15) is 14.0 Å². The van der Waals surface area contributed by atoms with Crippen molar-refractivity contribution >= 4 is 51.7 Å². The number of rotatable bonds is 9. The second kappa shape index (κ2) is 12.1. The summed E-state index contributed by atoms with van der Waals surface area (Å²) in [6.45, 7) is 0.293. The number of thioether (sulfide) groups is 1. The predicted molar refractivity (Wildman–Crippen MR) is 145 cm³/mol. The van der Waals surface area contributed by atoms with E-state index in [1.807, 2.05) is 12.1 Å². The Balaban J connectivity index is 1.53. The summed E-state index contributed by atoms with van der Waals surface area (Å²) in [5, 5.41) is 2.90. The van der Waals surface area contributed by atoms with E-state index >= 15 is 0 Å². The molecule has 0 aliphatic carbocycles. The number of amides is 2. The number of hydrogen-bond acceptors (Lipinski definition) is 6. The molecule has 0 radical (unpaired) electrons. The third-order valence-corrected chi connectivity index (χ3v) is 7.05. The summed E-state index contributed by atoms with van der Waals surface area (Å²) < 4.78 is 25.0. The lowest BCUT2D eigenvalue weighted by molar-refractivity contribution is -0.128. The zero-order valence-corrected chi connectivity index (χ0v) is 21.8. The number of benzene rings is 3. The van der Waals surface area contributed by atoms with Crippen molar-refractivity contribution in [3.63, 3.8) is 0 Å². The highest BCUT2D eigenvalue weighted by Gasteiger charge is 2.39. The Bertz CT molecular complexity index is 1340. The largest absolute Gasteiger partial charge is 0.493 e. The van der Waals surface area contributed by atoms with Crippen LogP contribution in [0.1, 0.15) is 12.0 Å². The Labute approximate surface area is 223 Å². The van der Waals surface area contributed by atoms with Crippen LogP contribution < -0.4 is 14.8 Å². The van der Waals surface area contributed by atoms with Crippen molar-refractivity contribution in [1.82, 2.24) is 4.90 Å². The molecule has 2 amide bonds. The van der Waals surface area contributed by atoms with Gasteiger partial charge in [0, 0.05) is 23.7 Å². The number of ether oxygens (including phenoxy) is 2. The van der Waals surface area contributed by atoms with Crippen molar-refractivity contribution in [3.8, 4) is 11.5 Å². The van der Waals surface area contributed by atoms with Gasteiger partial charge in [0.05, 0.1) is 14.2 Å². The van der Waals surface area contributed by atoms with E-state index in [2.05, 4.69) is 10.3 Å². The molecule has 10 heteroatoms. The molecule has 0 unspecified atom stereocenters. The van der Waals surface area contributed by atoms with Crippen molar-refractivity contribution in [2.75, 3.05) is 26.1 Å². The Morgan fingerprint density at radius 1 is 1.08 bits per heavy atom. The molecule has 4 rings (SSSR count). The molecule has 1 saturated heterocycles. The SMILES string of the molecule is COc1ccc(CCN2C(=O)[C@@H](CC(=O)Nc3cccc(Cl)c3)SC2=Nc2ccccc2F)cc1OC. The summed E-state index contributed by atoms with van der Waals surface area (Å²) in [7, 11) is 3.12. The molecule has 192 valence electrons. The van der Waals surface area contributed by atoms with Crippen LogP contribution in [0.5, 0.6) is 11.5 Å². The van der Waals surface area contributed by atoms with Crippen LogP contribution in [0.4, 0.5) is 15.8 Å². The molecule has 1 aliphatic rings. The summed E-state index contributed by atoms with van der Waals surface area (Å²) >= 11 is 7.14. The number of anilines is 1. The highest BCUT2D eigenvalue weighted by atomic mass is 35.5. The van der Waals surface area contributed by atoms with Gasteiger partial charge in [0.1, 0.15) is 16.8 Å². The molecule has 1 atom stereocenters. The number of carbonyl (C=O) groups excluding carboxylic acids is 2. The van der Waals surface area contributed by atoms with Gasteiger partial charge < -0.3 is 14.8 Å². The third kappa shape index (κ3) is 6.61. The van der Waals surface area contributed by atoms with E-state index in [0.29, 0.717) is 40.3 Å². The van der Waals surface area contributed by atoms with Gasteiger partial charge in [-0.25, -0.2) is 9.38 Å². The topological polar surface area (TPSA) is 80.2 Å². The first-order valence-electron chi connectivity index (χ1n) is 11.5. The van der Waals surface area contributed by atoms with E-state index in [1.54, 1.807) is 62.8 Å². The minimum atomic E-state index is -0.699. The fourth-order valence-corrected chi connectivity index (χ4v) is 5.17. The number of amidine groups is 1. The monoisotopic (exact) mass is 541 g/mol. The highest BCUT2D eigenvalue weighted by molar-refractivity contribution is 8.15. The maximum Gasteiger partial charge on any atom is 0.242 e. The first kappa shape index (κ1) is 26.5. The number of nitrogens with zero attached hydrogens (tertiary/aromatic N) is 2. The maximum atomic E-state index is 14.3. The van der Waals surface area contributed by atoms with Gasteiger partial charge in [-0.1, -0.05) is 47.6 Å². The van der Waals surface area contributed by atoms with Gasteiger partial charge >= 0.3 is 0 Å². The molecule has 37 heavy (non-hydrogen) atoms. The van der Waals surface area contributed by atoms with Crippen molar-refractivity contribution in [1.29, 1.82) is 0 Å². The highest BCUT2D eigenvalue weighted by Crippen LogP contribution is 2.33. The zero-order chi connectivity index (χ0) is 26.4. The third-order valence-electron chi connectivity index (χ3n) is 5.64. The molecule has 3 aromatic carbocycles. The van der Waals surface area contributed by atoms with Crippen LogP contribution >= 0.6 is 23.4 Å². The van der Waals surface area contributed by atoms with Crippen LogP contribution in [0, 0.1) is 5.82 Å². The van der Waals surface area contributed by atoms with Crippen molar-refractivity contribution < 1.29 is 23.5 Å². The molecule has 7 nitrogen and oxygen atoms in total. The minimum absolute atomic E-state index is 0.0703. The number of methoxy groups -OCH3 is 2. The Morgan fingerprint density at radius 3 is 2.59 bits per heavy atom. The van der Waals surface area contributed by atoms with Crippen LogP contribution in [0.2, 0.25) is 5.02 Å². The lowest BCUT2D eigenvalue weighted by Crippen LogP contribution is -2.35. The molecular weight excluding hydrogens is 517 g/mol. The van der Waals surface area contributed by atoms with Crippen LogP contribution in [0.15, 0.2) is 71.7 Å². The van der Waals surface area contributed by atoms with Gasteiger partial charge in [-0.15, -0.1) is 0 Å². The van der Waals surface area contributed by atoms with Crippen molar-refractivity contribution in [2.45, 2.75) is 18.1 Å². The minimum Gasteiger partial charge on any atom is -0.493 e. The van der Waals surface area contributed by atoms with Crippen LogP contribution in [-0.2, 0) is 16.0 Å². The van der Waals surface area contributed by atoms with E-state index in [-0.39, 0.29) is 23.9 Å². The van der Waals surface area contributed by atoms with Gasteiger partial charge in [-0.05, 0) is 54.4 Å². The second-order valence-corrected chi connectivity index (χ2v) is 9.75. The Morgan fingerprint density at radius 2 is 1.86 bits per heavy atom. The average Bonchev–Trinajstić information content (AvgIpc) is 3.17. The Kier molecular flexibility index (Phi) is 8.68. The molecule has 0 saturated carbocycles. The van der Waals surface area contributed by atoms with E-state index in [0.717, 1.165) is 17.3 Å². The molecule has 3 aromatic rings. The zero-order valence-electron chi connectivity index (χ0n) is 20.2. The van der Waals surface area contributed by atoms with Crippen LogP contribution in [0.25, 0.3) is 0 Å². The molecule has 1 fully saturated rings. The number of carbonyl (C=O) groups is 2. The van der Waals surface area contributed by atoms with Gasteiger partial charge in [-0.3, -0.25) is 14.5 Å². The number of halogens is 2. The number of hydrogen-bond donors (Lipinski definition) is 1. The molecule has 0 aromatic heterocycles. The second-order valence-electron chi connectivity index (χ2n) is 8.14. The number of para-hydroxylation sites is 1. The summed E-state index contributed by atoms with van der Waals surface area (Å²) in [6.07, 6.45) is 0.420. The fourth-order valence-electron chi connectivity index (χ4n) is 3.80. The van der Waals surface area contributed by atoms with Gasteiger partial charge in [-0.2, -0.15) is 0 Å². The summed E-state index contributed by atoms with van der Waals surface area (Å²) in [4.78, 5) is 32.0. The Hall–Kier alpha value is -3.56. The van der Waals surface area contributed by atoms with Gasteiger partial charge in [0.25, 0.3) is 0 Å². The lowest BCUT2D eigenvalue weighted by atomic mass is 10.1. The normalized spacial score (nSPS) is 16.2. The first-order valence-corrected chi connectivity index (χ1v) is 12.7. The average molecular weight is 542 g/mol. The van der Waals surface area contributed by atoms with Crippen LogP contribution in [0.3, 0.4) is 0 Å². The van der Waals surface area contributed by atoms with Crippen molar-refractivity contribution in [3.05, 3.63) is 83.1 Å². The van der Waals surface area contributed by atoms with Gasteiger partial charge in [0.2, 0.25) is 11.8 Å². The molecule has 1 aliphatic heterocycles. The van der Waals surface area contributed by atoms with E-state index in [1.165, 1.54) is 11.0 Å². The fraction of sp³-hybridized carbons (Fsp3) is 0.222. The standard InChI is InChI=1S/C27H25ClFN3O4S/c1-35-22-11-10-17(14-23(22)36-2)12-13-32-26(34)24(16-25(33)30-19-7-5-6-18(28)15-19)37-27(32)31-21-9-4-3-8-20(21)29/h3-11,14-15,24H,12-13,16H2,1-2H3,(H,30,33)/t24-/m1/s1. The predicted octanol–water partition coefficient (Wildman–Crippen LogP) is 5.70. The smallest absolute Gasteiger partial charge is 0.242 e. The molecule has 0 spiro atoms. The first-order chi connectivity index (χ1) is 17.9. The number of aliphatic imine (C=N–C) groups is 1. The van der Waals surface area contributed by atoms with E-state index < -0.39 is 11.1 Å². The molecule has 1 heterocycles. The molecule has 0 bridgehead atoms. The van der Waals surface area contributed by atoms with Crippen LogP contribution in [-0.4, -0.2) is 47.9 Å². The molecule has 1 N–H and O–H groups in total. The summed E-state index contributed by atoms with van der Waals surface area (Å²) in [5.41, 5.74) is 1.58. The van der Waals surface area contributed by atoms with E-state index in [4.69, 9.17) is 21.1 Å². The molecular formula is C27H25ClFN3O4S. The lowest BCUT2D eigenvalue weighted by Gasteiger charge is -2.17. The van der Waals surface area contributed by atoms with Crippen molar-refractivity contribution in [2.24, 2.45) is 4.99 Å². The maximum absolute atomic E-state index is 14.3. The quantitative estimate of drug-likeness (QED) is 0.376. The number of nitrogens with one attached hydrogen (secondary N) is 1. The summed E-state index contributed by atoms with van der Waals surface area (Å²) in [6, 6.07) is 18.4. The van der Waals surface area contributed by atoms with Gasteiger partial charge in [0.15, 0.2) is 16.7 Å².